The van der Waals surface area contributed by atoms with E-state index >= 15 is 0 Å². The highest BCUT2D eigenvalue weighted by Crippen LogP contribution is 2.32. The molecule has 0 spiro atoms. The minimum atomic E-state index is -1.22. The van der Waals surface area contributed by atoms with Crippen molar-refractivity contribution in [3.05, 3.63) is 56.0 Å². The van der Waals surface area contributed by atoms with Gasteiger partial charge in [-0.25, -0.2) is 9.59 Å². The first-order valence-corrected chi connectivity index (χ1v) is 10.7. The molecule has 0 saturated carbocycles. The van der Waals surface area contributed by atoms with Crippen LogP contribution in [0, 0.1) is 11.3 Å². The minimum Gasteiger partial charge on any atom is -0.477 e. The summed E-state index contributed by atoms with van der Waals surface area (Å²) in [6.45, 7) is 3.00. The number of nitrogens with zero attached hydrogens (tertiary/aromatic N) is 6. The zero-order valence-electron chi connectivity index (χ0n) is 18.5. The summed E-state index contributed by atoms with van der Waals surface area (Å²) in [4.78, 5) is 45.2. The lowest BCUT2D eigenvalue weighted by molar-refractivity contribution is 0.0699. The molecule has 0 radical (unpaired) electrons. The summed E-state index contributed by atoms with van der Waals surface area (Å²) in [5.74, 6) is -0.833. The minimum absolute atomic E-state index is 0.0753. The van der Waals surface area contributed by atoms with E-state index in [4.69, 9.17) is 5.73 Å². The second kappa shape index (κ2) is 8.55. The average molecular weight is 451 g/mol. The molecule has 0 aromatic carbocycles. The first-order chi connectivity index (χ1) is 15.8. The second-order valence-electron chi connectivity index (χ2n) is 8.14. The van der Waals surface area contributed by atoms with Crippen molar-refractivity contribution in [3.63, 3.8) is 0 Å². The molecular formula is C22H25N7O4. The molecule has 0 unspecified atom stereocenters. The number of hydrogen-bond donors (Lipinski definition) is 2. The van der Waals surface area contributed by atoms with Gasteiger partial charge in [-0.2, -0.15) is 5.26 Å². The highest BCUT2D eigenvalue weighted by atomic mass is 16.4. The lowest BCUT2D eigenvalue weighted by atomic mass is 10.1. The van der Waals surface area contributed by atoms with E-state index in [1.54, 1.807) is 16.7 Å². The molecule has 1 aliphatic heterocycles. The summed E-state index contributed by atoms with van der Waals surface area (Å²) in [6.07, 6.45) is 3.12. The Morgan fingerprint density at radius 2 is 2.09 bits per heavy atom. The number of nitriles is 1. The van der Waals surface area contributed by atoms with E-state index in [2.05, 4.69) is 4.98 Å². The number of pyridine rings is 1. The van der Waals surface area contributed by atoms with Gasteiger partial charge in [-0.3, -0.25) is 18.9 Å². The predicted molar refractivity (Wildman–Crippen MR) is 122 cm³/mol. The highest BCUT2D eigenvalue weighted by Gasteiger charge is 2.32. The van der Waals surface area contributed by atoms with Gasteiger partial charge < -0.3 is 20.3 Å². The molecule has 33 heavy (non-hydrogen) atoms. The fourth-order valence-electron chi connectivity index (χ4n) is 4.62. The summed E-state index contributed by atoms with van der Waals surface area (Å²) >= 11 is 0. The molecule has 4 rings (SSSR count). The molecule has 1 aliphatic rings. The number of aromatic nitrogens is 4. The molecule has 0 bridgehead atoms. The Morgan fingerprint density at radius 1 is 1.33 bits per heavy atom. The van der Waals surface area contributed by atoms with Crippen molar-refractivity contribution >= 4 is 22.8 Å². The lowest BCUT2D eigenvalue weighted by Gasteiger charge is -2.33. The normalized spacial score (nSPS) is 16.2. The summed E-state index contributed by atoms with van der Waals surface area (Å²) in [7, 11) is 1.45. The largest absolute Gasteiger partial charge is 0.477 e. The van der Waals surface area contributed by atoms with Crippen LogP contribution >= 0.6 is 0 Å². The van der Waals surface area contributed by atoms with Crippen LogP contribution in [0.15, 0.2) is 27.9 Å². The SMILES string of the molecule is CCn1c(N2CCC[C@@H](N)C2)c(C(=O)O)c2c1c(=O)n(Cc1ncccc1C#N)c(=O)n2C. The van der Waals surface area contributed by atoms with E-state index in [-0.39, 0.29) is 40.4 Å². The first kappa shape index (κ1) is 22.3. The zero-order valence-corrected chi connectivity index (χ0v) is 18.5. The van der Waals surface area contributed by atoms with E-state index in [1.165, 1.54) is 17.8 Å². The molecule has 1 saturated heterocycles. The smallest absolute Gasteiger partial charge is 0.341 e. The van der Waals surface area contributed by atoms with E-state index in [1.807, 2.05) is 17.9 Å². The Hall–Kier alpha value is -3.91. The monoisotopic (exact) mass is 451 g/mol. The Bertz CT molecular complexity index is 1410. The average Bonchev–Trinajstić information content (AvgIpc) is 3.16. The molecule has 3 aromatic heterocycles. The van der Waals surface area contributed by atoms with Gasteiger partial charge in [0.15, 0.2) is 0 Å². The summed E-state index contributed by atoms with van der Waals surface area (Å²) in [5, 5.41) is 19.5. The highest BCUT2D eigenvalue weighted by molar-refractivity contribution is 6.07. The third kappa shape index (κ3) is 3.58. The molecule has 1 fully saturated rings. The number of nitrogens with two attached hydrogens (primary N) is 1. The van der Waals surface area contributed by atoms with Crippen molar-refractivity contribution < 1.29 is 9.90 Å². The number of carbonyl (C=O) groups is 1. The maximum atomic E-state index is 13.6. The number of hydrogen-bond acceptors (Lipinski definition) is 7. The molecule has 3 aromatic rings. The van der Waals surface area contributed by atoms with Crippen LogP contribution in [0.3, 0.4) is 0 Å². The number of aromatic carboxylic acids is 1. The van der Waals surface area contributed by atoms with E-state index in [0.29, 0.717) is 25.5 Å². The van der Waals surface area contributed by atoms with Crippen molar-refractivity contribution in [2.24, 2.45) is 12.8 Å². The third-order valence-corrected chi connectivity index (χ3v) is 6.12. The van der Waals surface area contributed by atoms with Crippen molar-refractivity contribution in [1.29, 1.82) is 5.26 Å². The number of piperidine rings is 1. The van der Waals surface area contributed by atoms with Crippen LogP contribution in [0.25, 0.3) is 11.0 Å². The van der Waals surface area contributed by atoms with Crippen LogP contribution < -0.4 is 21.9 Å². The molecule has 172 valence electrons. The quantitative estimate of drug-likeness (QED) is 0.568. The molecule has 3 N–H and O–H groups in total. The van der Waals surface area contributed by atoms with Gasteiger partial charge in [0, 0.05) is 38.9 Å². The second-order valence-corrected chi connectivity index (χ2v) is 8.14. The third-order valence-electron chi connectivity index (χ3n) is 6.12. The van der Waals surface area contributed by atoms with Gasteiger partial charge in [-0.05, 0) is 31.9 Å². The Labute approximate surface area is 188 Å². The Morgan fingerprint density at radius 3 is 2.73 bits per heavy atom. The first-order valence-electron chi connectivity index (χ1n) is 10.7. The molecule has 11 heteroatoms. The maximum Gasteiger partial charge on any atom is 0.341 e. The van der Waals surface area contributed by atoms with Crippen LogP contribution in [0.1, 0.15) is 41.4 Å². The maximum absolute atomic E-state index is 13.6. The van der Waals surface area contributed by atoms with Crippen molar-refractivity contribution in [1.82, 2.24) is 18.7 Å². The standard InChI is InChI=1S/C22H25N7O4/c1-3-28-18-17(16(21(31)32)19(28)27-9-5-7-14(24)11-27)26(2)22(33)29(20(18)30)12-15-13(10-23)6-4-8-25-15/h4,6,8,14H,3,5,7,9,11-12,24H2,1-2H3,(H,31,32)/t14-/m1/s1. The number of rotatable bonds is 5. The number of carboxylic acid groups (broad SMARTS) is 1. The van der Waals surface area contributed by atoms with Gasteiger partial charge in [0.25, 0.3) is 5.56 Å². The van der Waals surface area contributed by atoms with Crippen LogP contribution in [0.2, 0.25) is 0 Å². The topological polar surface area (TPSA) is 152 Å². The summed E-state index contributed by atoms with van der Waals surface area (Å²) < 4.78 is 3.84. The number of aryl methyl sites for hydroxylation is 2. The van der Waals surface area contributed by atoms with E-state index < -0.39 is 17.2 Å². The van der Waals surface area contributed by atoms with Crippen LogP contribution in [0.4, 0.5) is 5.82 Å². The number of carboxylic acids is 1. The van der Waals surface area contributed by atoms with Crippen molar-refractivity contribution in [2.45, 2.75) is 38.9 Å². The molecule has 1 atom stereocenters. The van der Waals surface area contributed by atoms with Crippen LogP contribution in [-0.2, 0) is 20.1 Å². The molecular weight excluding hydrogens is 426 g/mol. The van der Waals surface area contributed by atoms with Crippen LogP contribution in [-0.4, -0.2) is 48.9 Å². The lowest BCUT2D eigenvalue weighted by Crippen LogP contribution is -2.44. The van der Waals surface area contributed by atoms with E-state index in [9.17, 15) is 24.8 Å². The zero-order chi connectivity index (χ0) is 23.9. The predicted octanol–water partition coefficient (Wildman–Crippen LogP) is 0.462. The fourth-order valence-corrected chi connectivity index (χ4v) is 4.62. The number of fused-ring (bicyclic) bond motifs is 1. The number of anilines is 1. The Balaban J connectivity index is 2.04. The Kier molecular flexibility index (Phi) is 5.78. The van der Waals surface area contributed by atoms with Gasteiger partial charge in [0.1, 0.15) is 23.0 Å². The molecule has 4 heterocycles. The van der Waals surface area contributed by atoms with Crippen molar-refractivity contribution in [2.75, 3.05) is 18.0 Å². The molecule has 0 aliphatic carbocycles. The van der Waals surface area contributed by atoms with E-state index in [0.717, 1.165) is 17.4 Å². The van der Waals surface area contributed by atoms with Gasteiger partial charge in [-0.1, -0.05) is 0 Å². The van der Waals surface area contributed by atoms with Gasteiger partial charge in [0.2, 0.25) is 0 Å². The van der Waals surface area contributed by atoms with Gasteiger partial charge >= 0.3 is 11.7 Å². The fraction of sp³-hybridized carbons (Fsp3) is 0.409. The van der Waals surface area contributed by atoms with Crippen LogP contribution in [0.5, 0.6) is 0 Å². The van der Waals surface area contributed by atoms with Gasteiger partial charge in [-0.15, -0.1) is 0 Å². The molecule has 11 nitrogen and oxygen atoms in total. The molecule has 0 amide bonds. The summed E-state index contributed by atoms with van der Waals surface area (Å²) in [6, 6.07) is 5.06. The summed E-state index contributed by atoms with van der Waals surface area (Å²) in [5.41, 5.74) is 5.50. The van der Waals surface area contributed by atoms with Crippen molar-refractivity contribution in [3.8, 4) is 6.07 Å². The van der Waals surface area contributed by atoms with Gasteiger partial charge in [0.05, 0.1) is 23.3 Å².